The van der Waals surface area contributed by atoms with Gasteiger partial charge in [0.2, 0.25) is 5.91 Å². The largest absolute Gasteiger partial charge is 0.507 e. The Balaban J connectivity index is 2.28. The van der Waals surface area contributed by atoms with Crippen molar-refractivity contribution >= 4 is 46.2 Å². The van der Waals surface area contributed by atoms with Gasteiger partial charge >= 0.3 is 0 Å². The Morgan fingerprint density at radius 1 is 1.57 bits per heavy atom. The molecule has 0 saturated carbocycles. The molecule has 1 saturated heterocycles. The van der Waals surface area contributed by atoms with E-state index in [1.807, 2.05) is 0 Å². The molecule has 0 bridgehead atoms. The number of nitrogens with one attached hydrogen (secondary N) is 1. The van der Waals surface area contributed by atoms with Gasteiger partial charge in [-0.2, -0.15) is 0 Å². The maximum Gasteiger partial charge on any atom is 0.266 e. The number of thioether (sulfide) groups is 1. The summed E-state index contributed by atoms with van der Waals surface area (Å²) in [6, 6.07) is 3.43. The Bertz CT molecular complexity index is 661. The molecule has 1 fully saturated rings. The van der Waals surface area contributed by atoms with Gasteiger partial charge in [-0.1, -0.05) is 24.0 Å². The summed E-state index contributed by atoms with van der Waals surface area (Å²) >= 11 is 6.05. The van der Waals surface area contributed by atoms with E-state index in [2.05, 4.69) is 5.32 Å². The summed E-state index contributed by atoms with van der Waals surface area (Å²) < 4.78 is 13.4. The maximum atomic E-state index is 13.2. The van der Waals surface area contributed by atoms with Crippen molar-refractivity contribution in [3.63, 3.8) is 0 Å². The molecular weight excluding hydrogens is 315 g/mol. The Morgan fingerprint density at radius 3 is 2.95 bits per heavy atom. The van der Waals surface area contributed by atoms with Crippen molar-refractivity contribution in [2.24, 2.45) is 0 Å². The number of phenols is 1. The third-order valence-corrected chi connectivity index (χ3v) is 4.11. The fraction of sp³-hybridized carbons (Fsp3) is 0.154. The minimum absolute atomic E-state index is 0.145. The molecule has 110 valence electrons. The third-order valence-electron chi connectivity index (χ3n) is 2.73. The Morgan fingerprint density at radius 2 is 2.29 bits per heavy atom. The molecule has 1 aliphatic rings. The van der Waals surface area contributed by atoms with Crippen LogP contribution in [0.15, 0.2) is 23.1 Å². The van der Waals surface area contributed by atoms with E-state index in [4.69, 9.17) is 12.2 Å². The van der Waals surface area contributed by atoms with Crippen LogP contribution < -0.4 is 5.32 Å². The molecular formula is C13H11FN2O3S2. The van der Waals surface area contributed by atoms with Crippen LogP contribution in [0.2, 0.25) is 0 Å². The third kappa shape index (κ3) is 3.40. The number of benzene rings is 1. The number of aromatic hydroxyl groups is 1. The standard InChI is InChI=1S/C13H11FN2O3S2/c1-15-11(18)6-16-12(19)10(21-13(16)20)5-7-4-8(14)2-3-9(7)17/h2-5,17H,6H2,1H3,(H,15,18). The topological polar surface area (TPSA) is 69.6 Å². The van der Waals surface area contributed by atoms with Crippen LogP contribution in [0.5, 0.6) is 5.75 Å². The number of hydrogen-bond acceptors (Lipinski definition) is 5. The number of thiocarbonyl (C=S) groups is 1. The molecule has 0 atom stereocenters. The van der Waals surface area contributed by atoms with Gasteiger partial charge in [0.15, 0.2) is 0 Å². The van der Waals surface area contributed by atoms with Gasteiger partial charge in [0.05, 0.1) is 4.91 Å². The van der Waals surface area contributed by atoms with Crippen LogP contribution in [0.25, 0.3) is 6.08 Å². The molecule has 1 heterocycles. The van der Waals surface area contributed by atoms with Gasteiger partial charge < -0.3 is 10.4 Å². The molecule has 1 aliphatic heterocycles. The van der Waals surface area contributed by atoms with Crippen molar-refractivity contribution in [3.8, 4) is 5.75 Å². The number of rotatable bonds is 3. The zero-order valence-corrected chi connectivity index (χ0v) is 12.6. The van der Waals surface area contributed by atoms with Gasteiger partial charge in [0.1, 0.15) is 22.4 Å². The second-order valence-corrected chi connectivity index (χ2v) is 5.82. The molecule has 0 spiro atoms. The highest BCUT2D eigenvalue weighted by Crippen LogP contribution is 2.33. The summed E-state index contributed by atoms with van der Waals surface area (Å²) in [7, 11) is 1.46. The monoisotopic (exact) mass is 326 g/mol. The number of carbonyl (C=O) groups is 2. The SMILES string of the molecule is CNC(=O)CN1C(=O)C(=Cc2cc(F)ccc2O)SC1=S. The lowest BCUT2D eigenvalue weighted by molar-refractivity contribution is -0.128. The summed E-state index contributed by atoms with van der Waals surface area (Å²) in [5.74, 6) is -1.47. The van der Waals surface area contributed by atoms with Gasteiger partial charge in [-0.15, -0.1) is 0 Å². The number of nitrogens with zero attached hydrogens (tertiary/aromatic N) is 1. The highest BCUT2D eigenvalue weighted by atomic mass is 32.2. The molecule has 0 aromatic heterocycles. The van der Waals surface area contributed by atoms with Crippen molar-refractivity contribution in [3.05, 3.63) is 34.5 Å². The highest BCUT2D eigenvalue weighted by Gasteiger charge is 2.33. The van der Waals surface area contributed by atoms with Gasteiger partial charge in [-0.25, -0.2) is 4.39 Å². The van der Waals surface area contributed by atoms with E-state index in [1.54, 1.807) is 0 Å². The van der Waals surface area contributed by atoms with Crippen LogP contribution in [0, 0.1) is 5.82 Å². The molecule has 2 amide bonds. The Hall–Kier alpha value is -1.93. The van der Waals surface area contributed by atoms with E-state index in [1.165, 1.54) is 19.2 Å². The van der Waals surface area contributed by atoms with Gasteiger partial charge in [0.25, 0.3) is 5.91 Å². The van der Waals surface area contributed by atoms with Crippen LogP contribution in [0.4, 0.5) is 4.39 Å². The molecule has 2 N–H and O–H groups in total. The molecule has 1 aromatic carbocycles. The Kier molecular flexibility index (Phi) is 4.59. The number of amides is 2. The first-order valence-corrected chi connectivity index (χ1v) is 7.09. The normalized spacial score (nSPS) is 16.7. The quantitative estimate of drug-likeness (QED) is 0.650. The van der Waals surface area contributed by atoms with Gasteiger partial charge in [-0.05, 0) is 24.3 Å². The average molecular weight is 326 g/mol. The summed E-state index contributed by atoms with van der Waals surface area (Å²) in [5, 5.41) is 12.1. The smallest absolute Gasteiger partial charge is 0.266 e. The second-order valence-electron chi connectivity index (χ2n) is 4.14. The van der Waals surface area contributed by atoms with Crippen molar-refractivity contribution in [2.45, 2.75) is 0 Å². The molecule has 5 nitrogen and oxygen atoms in total. The number of halogens is 1. The lowest BCUT2D eigenvalue weighted by Crippen LogP contribution is -2.38. The minimum atomic E-state index is -0.528. The summed E-state index contributed by atoms with van der Waals surface area (Å²) in [4.78, 5) is 24.9. The van der Waals surface area contributed by atoms with Crippen molar-refractivity contribution < 1.29 is 19.1 Å². The number of likely N-dealkylation sites (N-methyl/N-ethyl adjacent to an activating group) is 1. The molecule has 0 unspecified atom stereocenters. The molecule has 21 heavy (non-hydrogen) atoms. The van der Waals surface area contributed by atoms with E-state index < -0.39 is 11.7 Å². The molecule has 1 aromatic rings. The van der Waals surface area contributed by atoms with Crippen molar-refractivity contribution in [1.82, 2.24) is 10.2 Å². The maximum absolute atomic E-state index is 13.2. The highest BCUT2D eigenvalue weighted by molar-refractivity contribution is 8.26. The molecule has 2 rings (SSSR count). The zero-order valence-electron chi connectivity index (χ0n) is 10.9. The fourth-order valence-electron chi connectivity index (χ4n) is 1.64. The van der Waals surface area contributed by atoms with Crippen LogP contribution in [0.3, 0.4) is 0 Å². The van der Waals surface area contributed by atoms with E-state index in [0.29, 0.717) is 0 Å². The average Bonchev–Trinajstić information content (AvgIpc) is 2.70. The lowest BCUT2D eigenvalue weighted by Gasteiger charge is -2.12. The van der Waals surface area contributed by atoms with Crippen LogP contribution >= 0.6 is 24.0 Å². The van der Waals surface area contributed by atoms with E-state index >= 15 is 0 Å². The predicted octanol–water partition coefficient (Wildman–Crippen LogP) is 1.48. The van der Waals surface area contributed by atoms with Crippen LogP contribution in [0.1, 0.15) is 5.56 Å². The summed E-state index contributed by atoms with van der Waals surface area (Å²) in [5.41, 5.74) is 0.176. The van der Waals surface area contributed by atoms with E-state index in [-0.39, 0.29) is 33.0 Å². The predicted molar refractivity (Wildman–Crippen MR) is 82.0 cm³/mol. The minimum Gasteiger partial charge on any atom is -0.507 e. The van der Waals surface area contributed by atoms with Crippen LogP contribution in [-0.4, -0.2) is 39.7 Å². The zero-order chi connectivity index (χ0) is 15.6. The molecule has 0 aliphatic carbocycles. The van der Waals surface area contributed by atoms with E-state index in [0.717, 1.165) is 28.8 Å². The first-order chi connectivity index (χ1) is 9.92. The second kappa shape index (κ2) is 6.23. The van der Waals surface area contributed by atoms with Crippen molar-refractivity contribution in [1.29, 1.82) is 0 Å². The van der Waals surface area contributed by atoms with Crippen molar-refractivity contribution in [2.75, 3.05) is 13.6 Å². The fourth-order valence-corrected chi connectivity index (χ4v) is 2.89. The number of phenolic OH excluding ortho intramolecular Hbond substituents is 1. The van der Waals surface area contributed by atoms with Crippen LogP contribution in [-0.2, 0) is 9.59 Å². The van der Waals surface area contributed by atoms with E-state index in [9.17, 15) is 19.1 Å². The summed E-state index contributed by atoms with van der Waals surface area (Å²) in [6.07, 6.45) is 1.35. The first kappa shape index (κ1) is 15.5. The summed E-state index contributed by atoms with van der Waals surface area (Å²) in [6.45, 7) is -0.173. The lowest BCUT2D eigenvalue weighted by atomic mass is 10.2. The number of hydrogen-bond donors (Lipinski definition) is 2. The number of carbonyl (C=O) groups excluding carboxylic acids is 2. The Labute approximate surface area is 129 Å². The van der Waals surface area contributed by atoms with Gasteiger partial charge in [-0.3, -0.25) is 14.5 Å². The molecule has 8 heteroatoms. The first-order valence-electron chi connectivity index (χ1n) is 5.87. The van der Waals surface area contributed by atoms with Gasteiger partial charge in [0, 0.05) is 12.6 Å². The molecule has 0 radical (unpaired) electrons.